The average Bonchev–Trinajstić information content (AvgIpc) is 3.18. The number of anilines is 1. The van der Waals surface area contributed by atoms with Crippen LogP contribution >= 0.6 is 30.6 Å². The van der Waals surface area contributed by atoms with Gasteiger partial charge in [0.25, 0.3) is 5.69 Å². The number of amides is 1. The van der Waals surface area contributed by atoms with Crippen LogP contribution in [0, 0.1) is 10.1 Å². The van der Waals surface area contributed by atoms with Gasteiger partial charge in [0, 0.05) is 32.1 Å². The monoisotopic (exact) mass is 897 g/mol. The Morgan fingerprint density at radius 1 is 1.02 bits per heavy atom. The Hall–Kier alpha value is -4.78. The molecule has 0 fully saturated rings. The van der Waals surface area contributed by atoms with E-state index in [9.17, 15) is 47.0 Å². The molecule has 326 valence electrons. The minimum absolute atomic E-state index is 0.0371. The lowest BCUT2D eigenvalue weighted by molar-refractivity contribution is -0.385. The summed E-state index contributed by atoms with van der Waals surface area (Å²) in [6, 6.07) is 10.4. The lowest BCUT2D eigenvalue weighted by atomic mass is 10.0. The van der Waals surface area contributed by atoms with Crippen LogP contribution < -0.4 is 15.4 Å². The van der Waals surface area contributed by atoms with Crippen molar-refractivity contribution in [3.8, 4) is 11.5 Å². The Labute approximate surface area is 347 Å². The topological polar surface area (TPSA) is 235 Å². The predicted octanol–water partition coefficient (Wildman–Crippen LogP) is 7.45. The molecule has 2 unspecified atom stereocenters. The number of carbonyl (C=O) groups excluding carboxylic acids is 3. The van der Waals surface area contributed by atoms with Crippen molar-refractivity contribution in [3.63, 3.8) is 0 Å². The second-order valence-electron chi connectivity index (χ2n) is 12.1. The number of nitrogens with two attached hydrogens (primary N) is 1. The van der Waals surface area contributed by atoms with E-state index in [1.165, 1.54) is 13.6 Å². The van der Waals surface area contributed by atoms with Gasteiger partial charge in [-0.3, -0.25) is 29.2 Å². The number of carbonyl (C=O) groups is 4. The van der Waals surface area contributed by atoms with Gasteiger partial charge in [-0.15, -0.1) is 11.6 Å². The third-order valence-corrected chi connectivity index (χ3v) is 9.19. The number of nitrogens with zero attached hydrogens (tertiary/aromatic N) is 2. The van der Waals surface area contributed by atoms with E-state index < -0.39 is 65.8 Å². The van der Waals surface area contributed by atoms with Crippen molar-refractivity contribution in [1.29, 1.82) is 0 Å². The van der Waals surface area contributed by atoms with E-state index in [2.05, 4.69) is 18.6 Å². The summed E-state index contributed by atoms with van der Waals surface area (Å²) in [5, 5.41) is 19.1. The molecule has 4 N–H and O–H groups in total. The second kappa shape index (κ2) is 25.0. The van der Waals surface area contributed by atoms with Crippen LogP contribution in [0.2, 0.25) is 5.02 Å². The number of aryl methyl sites for hydroxylation is 2. The first-order chi connectivity index (χ1) is 27.5. The van der Waals surface area contributed by atoms with Crippen LogP contribution in [0.15, 0.2) is 54.6 Å². The van der Waals surface area contributed by atoms with Crippen molar-refractivity contribution in [2.75, 3.05) is 50.7 Å². The van der Waals surface area contributed by atoms with Gasteiger partial charge in [0.2, 0.25) is 5.91 Å². The molecule has 0 aliphatic carbocycles. The standard InChI is InChI=1S/C18H13ClF3NO7.C14H20ClNO2.C5H12NO4P/c1-2-28-16(24)9-29-17(25)12-8-11(4-5-14(12)23(26)27)30-15-6-3-10(7-13(15)19)18(20,21)22;1-4-11-7-6-8-12(5-2)14(11)16(10-18-3)13(17)9-15;1-11(9,10)3-2-4(6)5(7)8/h3-8H,2,9H2,1H3;6-8H,4-5,9-10H2,1-3H3;4H,2-3,6H2,1H3,(H,7,8)(H,9,10). The molecule has 0 saturated heterocycles. The first-order valence-corrected chi connectivity index (χ1v) is 20.6. The summed E-state index contributed by atoms with van der Waals surface area (Å²) >= 11 is 11.5. The maximum Gasteiger partial charge on any atom is 0.416 e. The van der Waals surface area contributed by atoms with Gasteiger partial charge < -0.3 is 34.7 Å². The van der Waals surface area contributed by atoms with Gasteiger partial charge in [-0.2, -0.15) is 13.2 Å². The van der Waals surface area contributed by atoms with Gasteiger partial charge in [-0.1, -0.05) is 43.6 Å². The Morgan fingerprint density at radius 3 is 2.08 bits per heavy atom. The number of hydrogen-bond donors (Lipinski definition) is 3. The van der Waals surface area contributed by atoms with E-state index in [0.717, 1.165) is 60.0 Å². The normalized spacial score (nSPS) is 12.3. The van der Waals surface area contributed by atoms with Crippen LogP contribution in [-0.2, 0) is 52.2 Å². The highest BCUT2D eigenvalue weighted by molar-refractivity contribution is 7.57. The number of benzene rings is 3. The van der Waals surface area contributed by atoms with Crippen molar-refractivity contribution in [1.82, 2.24) is 0 Å². The SMILES string of the molecule is CCOC(=O)COC(=O)c1cc(Oc2ccc(C(F)(F)F)cc2Cl)ccc1[N+](=O)[O-].CCc1cccc(CC)c1N(COC)C(=O)CCl.CP(=O)(O)CCC(N)C(=O)O. The maximum atomic E-state index is 12.7. The molecule has 0 aromatic heterocycles. The number of esters is 2. The van der Waals surface area contributed by atoms with Gasteiger partial charge in [0.1, 0.15) is 35.7 Å². The molecule has 0 radical (unpaired) electrons. The molecule has 3 rings (SSSR count). The number of nitro benzene ring substituents is 1. The molecule has 16 nitrogen and oxygen atoms in total. The van der Waals surface area contributed by atoms with E-state index in [4.69, 9.17) is 53.1 Å². The van der Waals surface area contributed by atoms with Crippen LogP contribution in [-0.4, -0.2) is 90.5 Å². The Bertz CT molecular complexity index is 1940. The van der Waals surface area contributed by atoms with Crippen molar-refractivity contribution >= 4 is 65.8 Å². The fraction of sp³-hybridized carbons (Fsp3) is 0.405. The predicted molar refractivity (Wildman–Crippen MR) is 213 cm³/mol. The van der Waals surface area contributed by atoms with Gasteiger partial charge in [0.15, 0.2) is 14.0 Å². The highest BCUT2D eigenvalue weighted by Gasteiger charge is 2.31. The molecule has 2 atom stereocenters. The number of alkyl halides is 4. The molecule has 0 saturated carbocycles. The first-order valence-electron chi connectivity index (χ1n) is 17.4. The molecule has 0 aliphatic rings. The number of halogens is 5. The summed E-state index contributed by atoms with van der Waals surface area (Å²) in [4.78, 5) is 66.2. The molecule has 0 bridgehead atoms. The fourth-order valence-corrected chi connectivity index (χ4v) is 5.84. The van der Waals surface area contributed by atoms with E-state index in [-0.39, 0.29) is 54.2 Å². The summed E-state index contributed by atoms with van der Waals surface area (Å²) in [6.07, 6.45) is -2.86. The maximum absolute atomic E-state index is 12.7. The molecule has 0 heterocycles. The Balaban J connectivity index is 0.000000506. The van der Waals surface area contributed by atoms with Crippen molar-refractivity contribution in [2.24, 2.45) is 5.73 Å². The highest BCUT2D eigenvalue weighted by Crippen LogP contribution is 2.38. The van der Waals surface area contributed by atoms with Crippen LogP contribution in [0.4, 0.5) is 24.5 Å². The molecule has 3 aromatic rings. The molecule has 1 amide bonds. The first kappa shape index (κ1) is 52.2. The largest absolute Gasteiger partial charge is 0.480 e. The molecule has 3 aromatic carbocycles. The minimum atomic E-state index is -4.61. The number of nitro groups is 1. The van der Waals surface area contributed by atoms with Crippen molar-refractivity contribution < 1.29 is 70.8 Å². The van der Waals surface area contributed by atoms with Gasteiger partial charge in [-0.05, 0) is 61.6 Å². The summed E-state index contributed by atoms with van der Waals surface area (Å²) in [7, 11) is -1.52. The molecular formula is C37H45Cl2F3N3O13P. The number of methoxy groups -OCH3 is 1. The number of aliphatic carboxylic acids is 1. The molecular weight excluding hydrogens is 853 g/mol. The number of carboxylic acid groups (broad SMARTS) is 1. The van der Waals surface area contributed by atoms with E-state index >= 15 is 0 Å². The number of hydrogen-bond acceptors (Lipinski definition) is 12. The van der Waals surface area contributed by atoms with Gasteiger partial charge in [0.05, 0.1) is 27.8 Å². The smallest absolute Gasteiger partial charge is 0.416 e. The molecule has 22 heteroatoms. The molecule has 59 heavy (non-hydrogen) atoms. The van der Waals surface area contributed by atoms with Crippen LogP contribution in [0.3, 0.4) is 0 Å². The zero-order chi connectivity index (χ0) is 45.1. The molecule has 0 aliphatic heterocycles. The summed E-state index contributed by atoms with van der Waals surface area (Å²) in [6.45, 7) is 6.39. The summed E-state index contributed by atoms with van der Waals surface area (Å²) in [5.74, 6) is -3.66. The van der Waals surface area contributed by atoms with Gasteiger partial charge >= 0.3 is 24.1 Å². The Morgan fingerprint density at radius 2 is 1.63 bits per heavy atom. The minimum Gasteiger partial charge on any atom is -0.480 e. The zero-order valence-electron chi connectivity index (χ0n) is 32.6. The third-order valence-electron chi connectivity index (χ3n) is 7.58. The quantitative estimate of drug-likeness (QED) is 0.0298. The lowest BCUT2D eigenvalue weighted by Gasteiger charge is -2.26. The zero-order valence-corrected chi connectivity index (χ0v) is 35.0. The van der Waals surface area contributed by atoms with Crippen LogP contribution in [0.5, 0.6) is 11.5 Å². The number of carboxylic acids is 1. The third kappa shape index (κ3) is 17.9. The summed E-state index contributed by atoms with van der Waals surface area (Å²) < 4.78 is 68.6. The highest BCUT2D eigenvalue weighted by atomic mass is 35.5. The average molecular weight is 899 g/mol. The molecule has 0 spiro atoms. The van der Waals surface area contributed by atoms with E-state index in [1.807, 2.05) is 18.2 Å². The van der Waals surface area contributed by atoms with E-state index in [1.54, 1.807) is 12.0 Å². The van der Waals surface area contributed by atoms with E-state index in [0.29, 0.717) is 6.07 Å². The van der Waals surface area contributed by atoms with Crippen molar-refractivity contribution in [3.05, 3.63) is 92.0 Å². The summed E-state index contributed by atoms with van der Waals surface area (Å²) in [5.41, 5.74) is 6.17. The number of rotatable bonds is 17. The number of para-hydroxylation sites is 1. The number of ether oxygens (including phenoxy) is 4. The van der Waals surface area contributed by atoms with Crippen LogP contribution in [0.25, 0.3) is 0 Å². The fourth-order valence-electron chi connectivity index (χ4n) is 4.72. The van der Waals surface area contributed by atoms with Crippen molar-refractivity contribution in [2.45, 2.75) is 52.3 Å². The van der Waals surface area contributed by atoms with Crippen LogP contribution in [0.1, 0.15) is 54.2 Å². The van der Waals surface area contributed by atoms with Gasteiger partial charge in [-0.25, -0.2) is 9.59 Å². The second-order valence-corrected chi connectivity index (χ2v) is 15.3. The Kier molecular flexibility index (Phi) is 22.1. The lowest BCUT2D eigenvalue weighted by Crippen LogP contribution is -2.35.